The van der Waals surface area contributed by atoms with Crippen LogP contribution in [0.5, 0.6) is 0 Å². The number of cyclic esters (lactones) is 1. The number of fused-ring (bicyclic) bond motifs is 5. The molecule has 0 aliphatic carbocycles. The summed E-state index contributed by atoms with van der Waals surface area (Å²) in [4.78, 5) is 52.3. The quantitative estimate of drug-likeness (QED) is 0.177. The van der Waals surface area contributed by atoms with Crippen molar-refractivity contribution in [2.45, 2.75) is 135 Å². The largest absolute Gasteiger partial charge is 0.459 e. The number of hydrogen-bond acceptors (Lipinski definition) is 15. The van der Waals surface area contributed by atoms with Crippen molar-refractivity contribution in [1.82, 2.24) is 4.90 Å². The fourth-order valence-corrected chi connectivity index (χ4v) is 7.99. The van der Waals surface area contributed by atoms with Gasteiger partial charge in [-0.05, 0) is 84.7 Å². The van der Waals surface area contributed by atoms with Gasteiger partial charge in [0.2, 0.25) is 5.91 Å². The normalized spacial score (nSPS) is 37.6. The number of amides is 1. The average molecular weight is 805 g/mol. The van der Waals surface area contributed by atoms with E-state index in [0.717, 1.165) is 5.56 Å². The van der Waals surface area contributed by atoms with Gasteiger partial charge in [-0.1, -0.05) is 38.1 Å². The smallest absolute Gasteiger partial charge is 0.316 e. The van der Waals surface area contributed by atoms with Crippen molar-refractivity contribution in [2.24, 2.45) is 33.6 Å². The number of rotatable bonds is 10. The van der Waals surface area contributed by atoms with Crippen LogP contribution in [-0.2, 0) is 49.5 Å². The topological polar surface area (TPSA) is 210 Å². The molecule has 3 heterocycles. The van der Waals surface area contributed by atoms with Crippen LogP contribution in [-0.4, -0.2) is 139 Å². The molecule has 1 aromatic rings. The van der Waals surface area contributed by atoms with Gasteiger partial charge in [-0.2, -0.15) is 0 Å². The van der Waals surface area contributed by atoms with Gasteiger partial charge in [0.05, 0.1) is 37.1 Å². The number of nitrogens with zero attached hydrogens (tertiary/aromatic N) is 3. The first kappa shape index (κ1) is 46.3. The zero-order valence-corrected chi connectivity index (χ0v) is 35.1. The minimum absolute atomic E-state index is 0.0253. The second-order valence-electron chi connectivity index (χ2n) is 16.4. The highest BCUT2D eigenvalue weighted by Gasteiger charge is 2.51. The average Bonchev–Trinajstić information content (AvgIpc) is 3.18. The summed E-state index contributed by atoms with van der Waals surface area (Å²) in [6.45, 7) is 11.9. The van der Waals surface area contributed by atoms with Crippen LogP contribution < -0.4 is 5.73 Å². The lowest BCUT2D eigenvalue weighted by molar-refractivity contribution is -0.296. The summed E-state index contributed by atoms with van der Waals surface area (Å²) in [7, 11) is 5.27. The molecule has 16 nitrogen and oxygen atoms in total. The molecule has 4 N–H and O–H groups in total. The Morgan fingerprint density at radius 2 is 1.77 bits per heavy atom. The molecular weight excluding hydrogens is 740 g/mol. The summed E-state index contributed by atoms with van der Waals surface area (Å²) in [5.74, 6) is -4.41. The molecule has 3 fully saturated rings. The molecule has 2 bridgehead atoms. The molecule has 57 heavy (non-hydrogen) atoms. The Morgan fingerprint density at radius 1 is 1.09 bits per heavy atom. The summed E-state index contributed by atoms with van der Waals surface area (Å²) in [5, 5.41) is 28.3. The predicted molar refractivity (Wildman–Crippen MR) is 210 cm³/mol. The molecule has 1 amide bonds. The predicted octanol–water partition coefficient (Wildman–Crippen LogP) is 3.03. The second-order valence-corrected chi connectivity index (χ2v) is 16.4. The van der Waals surface area contributed by atoms with Gasteiger partial charge in [0, 0.05) is 36.8 Å². The van der Waals surface area contributed by atoms with Crippen LogP contribution in [0.25, 0.3) is 0 Å². The summed E-state index contributed by atoms with van der Waals surface area (Å²) >= 11 is 0. The van der Waals surface area contributed by atoms with E-state index in [1.54, 1.807) is 45.0 Å². The van der Waals surface area contributed by atoms with E-state index in [1.165, 1.54) is 14.0 Å². The highest BCUT2D eigenvalue weighted by Crippen LogP contribution is 2.39. The lowest BCUT2D eigenvalue weighted by atomic mass is 9.76. The van der Waals surface area contributed by atoms with Crippen molar-refractivity contribution in [2.75, 3.05) is 41.1 Å². The molecule has 0 saturated carbocycles. The molecule has 16 heteroatoms. The molecule has 0 spiro atoms. The Hall–Kier alpha value is -3.35. The molecule has 320 valence electrons. The Labute approximate surface area is 336 Å². The van der Waals surface area contributed by atoms with Gasteiger partial charge in [-0.3, -0.25) is 19.4 Å². The molecule has 3 saturated heterocycles. The third-order valence-corrected chi connectivity index (χ3v) is 11.5. The van der Waals surface area contributed by atoms with Crippen LogP contribution in [0.3, 0.4) is 0 Å². The van der Waals surface area contributed by atoms with E-state index < -0.39 is 71.4 Å². The number of Topliss-reactive ketones (excluding diaryl/α,β-unsaturated/α-hetero) is 1. The summed E-state index contributed by atoms with van der Waals surface area (Å²) in [6, 6.07) is 6.29. The summed E-state index contributed by atoms with van der Waals surface area (Å²) in [5.41, 5.74) is 4.32. The number of ether oxygens (including phenoxy) is 6. The maximum Gasteiger partial charge on any atom is 0.316 e. The Bertz CT molecular complexity index is 1590. The molecular formula is C41H64N4O12. The number of aliphatic hydroxyl groups is 2. The molecule has 12 atom stereocenters. The standard InChI is InChI=1S/C41H64N4O12/c1-11-32-41(7,50)33-17-30(43-22-51-10)23(2)18-40(6,53-21-29(20-52-33)44-54-19-27-12-14-28(15-13-27)37(42)48)36(25(4)34(46)26(5)38(49)56-32)57-39-35(47)31(45(8)9)16-24(3)55-39/h12-15,23-26,31-33,35-36,39,47,50H,11,16-22H2,1-10H3,(H2,42,48)/b43-30+,44-29-/t23-,24-,25+,26-,31+,32+,33+,35-,36-,39+,40-,41-/m1/s1. The number of primary amides is 1. The molecule has 0 aromatic heterocycles. The molecule has 4 rings (SSSR count). The minimum Gasteiger partial charge on any atom is -0.459 e. The highest BCUT2D eigenvalue weighted by atomic mass is 16.7. The number of esters is 1. The zero-order valence-electron chi connectivity index (χ0n) is 35.1. The maximum atomic E-state index is 14.4. The van der Waals surface area contributed by atoms with Gasteiger partial charge in [0.15, 0.2) is 12.1 Å². The first-order valence-corrected chi connectivity index (χ1v) is 19.8. The summed E-state index contributed by atoms with van der Waals surface area (Å²) in [6.07, 6.45) is -4.55. The van der Waals surface area contributed by atoms with Crippen molar-refractivity contribution in [3.63, 3.8) is 0 Å². The third-order valence-electron chi connectivity index (χ3n) is 11.5. The maximum absolute atomic E-state index is 14.4. The molecule has 0 unspecified atom stereocenters. The van der Waals surface area contributed by atoms with Gasteiger partial charge in [-0.25, -0.2) is 0 Å². The van der Waals surface area contributed by atoms with Crippen LogP contribution in [0.1, 0.15) is 90.1 Å². The van der Waals surface area contributed by atoms with Gasteiger partial charge in [0.25, 0.3) is 0 Å². The third kappa shape index (κ3) is 11.4. The van der Waals surface area contributed by atoms with Gasteiger partial charge in [-0.15, -0.1) is 0 Å². The number of carbonyl (C=O) groups excluding carboxylic acids is 3. The van der Waals surface area contributed by atoms with Crippen LogP contribution >= 0.6 is 0 Å². The lowest BCUT2D eigenvalue weighted by Gasteiger charge is -2.47. The van der Waals surface area contributed by atoms with E-state index in [-0.39, 0.29) is 63.9 Å². The number of aliphatic imine (C=N–C) groups is 1. The molecule has 3 aliphatic rings. The number of nitrogens with two attached hydrogens (primary N) is 1. The van der Waals surface area contributed by atoms with Crippen molar-refractivity contribution in [3.8, 4) is 0 Å². The number of hydrogen-bond donors (Lipinski definition) is 3. The van der Waals surface area contributed by atoms with Gasteiger partial charge < -0.3 is 54.1 Å². The van der Waals surface area contributed by atoms with Crippen molar-refractivity contribution < 1.29 is 57.9 Å². The second kappa shape index (κ2) is 20.1. The first-order valence-electron chi connectivity index (χ1n) is 19.8. The number of aliphatic hydroxyl groups excluding tert-OH is 1. The Balaban J connectivity index is 1.87. The SMILES string of the molecule is CC[C@@H]1OC(=O)[C@H](C)C(=O)[C@H](C)[C@@H](O[C@@H]2O[C@H](C)C[C@H](N(C)C)[C@H]2O)[C@@]2(C)C[C@@H](C)/C(=N/COC)C[C@H](OC/C(=N/OCc3ccc(C(N)=O)cc3)CO2)[C@]1(C)O. The Morgan fingerprint density at radius 3 is 2.39 bits per heavy atom. The molecule has 0 radical (unpaired) electrons. The fraction of sp³-hybridized carbons (Fsp3) is 0.732. The minimum atomic E-state index is -1.76. The van der Waals surface area contributed by atoms with E-state index in [0.29, 0.717) is 23.4 Å². The van der Waals surface area contributed by atoms with Gasteiger partial charge >= 0.3 is 5.97 Å². The number of methoxy groups -OCH3 is 1. The highest BCUT2D eigenvalue weighted by molar-refractivity contribution is 6.00. The lowest BCUT2D eigenvalue weighted by Crippen LogP contribution is -2.59. The number of ketones is 1. The summed E-state index contributed by atoms with van der Waals surface area (Å²) < 4.78 is 37.6. The fourth-order valence-electron chi connectivity index (χ4n) is 7.99. The van der Waals surface area contributed by atoms with E-state index in [9.17, 15) is 24.6 Å². The van der Waals surface area contributed by atoms with Crippen molar-refractivity contribution in [3.05, 3.63) is 35.4 Å². The van der Waals surface area contributed by atoms with E-state index >= 15 is 0 Å². The van der Waals surface area contributed by atoms with E-state index in [1.807, 2.05) is 39.8 Å². The van der Waals surface area contributed by atoms with Crippen LogP contribution in [0, 0.1) is 17.8 Å². The van der Waals surface area contributed by atoms with Crippen LogP contribution in [0.2, 0.25) is 0 Å². The van der Waals surface area contributed by atoms with Crippen LogP contribution in [0.4, 0.5) is 0 Å². The molecule has 3 aliphatic heterocycles. The van der Waals surface area contributed by atoms with Gasteiger partial charge in [0.1, 0.15) is 42.8 Å². The number of benzene rings is 1. The number of likely N-dealkylation sites (N-methyl/N-ethyl adjacent to an activating group) is 1. The van der Waals surface area contributed by atoms with E-state index in [4.69, 9.17) is 44.0 Å². The zero-order chi connectivity index (χ0) is 42.2. The number of oxime groups is 1. The van der Waals surface area contributed by atoms with Crippen molar-refractivity contribution >= 4 is 29.1 Å². The van der Waals surface area contributed by atoms with E-state index in [2.05, 4.69) is 5.16 Å². The van der Waals surface area contributed by atoms with Crippen LogP contribution in [0.15, 0.2) is 34.4 Å². The monoisotopic (exact) mass is 804 g/mol. The van der Waals surface area contributed by atoms with Crippen molar-refractivity contribution in [1.29, 1.82) is 0 Å². The molecule has 1 aromatic carbocycles. The Kier molecular flexibility index (Phi) is 16.3. The number of carbonyl (C=O) groups is 3. The first-order chi connectivity index (χ1) is 26.8.